The summed E-state index contributed by atoms with van der Waals surface area (Å²) in [4.78, 5) is 13.1. The zero-order valence-electron chi connectivity index (χ0n) is 14.7. The SMILES string of the molecule is CCOC(=O)c1ccc(CC[C@H](O)COS(=O)(=O)c2ccc(C)cc2)s1. The summed E-state index contributed by atoms with van der Waals surface area (Å²) in [6.45, 7) is 3.61. The highest BCUT2D eigenvalue weighted by Gasteiger charge is 2.18. The number of thiophene rings is 1. The zero-order chi connectivity index (χ0) is 19.2. The van der Waals surface area contributed by atoms with Crippen LogP contribution in [0, 0.1) is 6.92 Å². The van der Waals surface area contributed by atoms with Gasteiger partial charge < -0.3 is 9.84 Å². The lowest BCUT2D eigenvalue weighted by Crippen LogP contribution is -2.19. The fourth-order valence-corrected chi connectivity index (χ4v) is 4.02. The summed E-state index contributed by atoms with van der Waals surface area (Å²) >= 11 is 1.30. The lowest BCUT2D eigenvalue weighted by atomic mass is 10.2. The van der Waals surface area contributed by atoms with Gasteiger partial charge in [0.25, 0.3) is 10.1 Å². The smallest absolute Gasteiger partial charge is 0.348 e. The van der Waals surface area contributed by atoms with Gasteiger partial charge >= 0.3 is 5.97 Å². The molecule has 0 fully saturated rings. The highest BCUT2D eigenvalue weighted by atomic mass is 32.2. The molecule has 0 aliphatic heterocycles. The Morgan fingerprint density at radius 2 is 1.88 bits per heavy atom. The normalized spacial score (nSPS) is 12.7. The van der Waals surface area contributed by atoms with Crippen LogP contribution in [0.15, 0.2) is 41.3 Å². The average Bonchev–Trinajstić information content (AvgIpc) is 3.08. The minimum atomic E-state index is -3.89. The molecule has 0 aliphatic carbocycles. The number of carbonyl (C=O) groups excluding carboxylic acids is 1. The summed E-state index contributed by atoms with van der Waals surface area (Å²) < 4.78 is 34.0. The third-order valence-electron chi connectivity index (χ3n) is 3.59. The number of benzene rings is 1. The van der Waals surface area contributed by atoms with E-state index in [2.05, 4.69) is 0 Å². The van der Waals surface area contributed by atoms with Crippen LogP contribution in [0.1, 0.15) is 33.5 Å². The maximum absolute atomic E-state index is 12.1. The van der Waals surface area contributed by atoms with Gasteiger partial charge in [-0.2, -0.15) is 8.42 Å². The highest BCUT2D eigenvalue weighted by Crippen LogP contribution is 2.20. The topological polar surface area (TPSA) is 89.9 Å². The van der Waals surface area contributed by atoms with Gasteiger partial charge in [-0.1, -0.05) is 17.7 Å². The lowest BCUT2D eigenvalue weighted by molar-refractivity contribution is 0.0532. The van der Waals surface area contributed by atoms with Crippen LogP contribution in [0.5, 0.6) is 0 Å². The molecule has 8 heteroatoms. The van der Waals surface area contributed by atoms with Crippen LogP contribution in [0.4, 0.5) is 0 Å². The molecule has 2 aromatic rings. The van der Waals surface area contributed by atoms with E-state index in [0.717, 1.165) is 10.4 Å². The molecule has 1 aromatic carbocycles. The van der Waals surface area contributed by atoms with Crippen molar-refractivity contribution in [3.63, 3.8) is 0 Å². The zero-order valence-corrected chi connectivity index (χ0v) is 16.3. The molecule has 0 amide bonds. The predicted octanol–water partition coefficient (Wildman–Crippen LogP) is 2.93. The van der Waals surface area contributed by atoms with Crippen LogP contribution >= 0.6 is 11.3 Å². The highest BCUT2D eigenvalue weighted by molar-refractivity contribution is 7.86. The van der Waals surface area contributed by atoms with E-state index in [4.69, 9.17) is 8.92 Å². The van der Waals surface area contributed by atoms with Crippen molar-refractivity contribution < 1.29 is 27.2 Å². The summed E-state index contributed by atoms with van der Waals surface area (Å²) in [6.07, 6.45) is -0.0888. The van der Waals surface area contributed by atoms with Crippen LogP contribution in [0.25, 0.3) is 0 Å². The predicted molar refractivity (Wildman–Crippen MR) is 98.9 cm³/mol. The molecule has 1 aromatic heterocycles. The van der Waals surface area contributed by atoms with Crippen molar-refractivity contribution in [2.45, 2.75) is 37.7 Å². The number of rotatable bonds is 9. The average molecular weight is 399 g/mol. The number of carbonyl (C=O) groups is 1. The summed E-state index contributed by atoms with van der Waals surface area (Å²) in [6, 6.07) is 9.80. The number of aliphatic hydroxyl groups excluding tert-OH is 1. The Morgan fingerprint density at radius 1 is 1.19 bits per heavy atom. The molecule has 0 spiro atoms. The minimum absolute atomic E-state index is 0.0626. The van der Waals surface area contributed by atoms with Gasteiger partial charge in [0.15, 0.2) is 0 Å². The van der Waals surface area contributed by atoms with E-state index in [9.17, 15) is 18.3 Å². The third kappa shape index (κ3) is 5.91. The quantitative estimate of drug-likeness (QED) is 0.516. The number of esters is 1. The molecule has 0 bridgehead atoms. The summed E-state index contributed by atoms with van der Waals surface area (Å²) in [5, 5.41) is 9.99. The Labute approximate surface area is 157 Å². The Bertz CT molecular complexity index is 824. The Balaban J connectivity index is 1.82. The van der Waals surface area contributed by atoms with E-state index in [1.807, 2.05) is 6.92 Å². The molecule has 0 unspecified atom stereocenters. The number of hydrogen-bond acceptors (Lipinski definition) is 7. The van der Waals surface area contributed by atoms with Gasteiger partial charge in [-0.3, -0.25) is 4.18 Å². The summed E-state index contributed by atoms with van der Waals surface area (Å²) in [5.74, 6) is -0.364. The number of aryl methyl sites for hydroxylation is 2. The fourth-order valence-electron chi connectivity index (χ4n) is 2.16. The van der Waals surface area contributed by atoms with Gasteiger partial charge in [-0.05, 0) is 51.0 Å². The van der Waals surface area contributed by atoms with E-state index in [0.29, 0.717) is 24.3 Å². The Hall–Kier alpha value is -1.74. The molecule has 2 rings (SSSR count). The van der Waals surface area contributed by atoms with Crippen molar-refractivity contribution in [3.8, 4) is 0 Å². The van der Waals surface area contributed by atoms with Crippen molar-refractivity contribution in [2.75, 3.05) is 13.2 Å². The van der Waals surface area contributed by atoms with Crippen molar-refractivity contribution in [1.29, 1.82) is 0 Å². The Kier molecular flexibility index (Phi) is 7.33. The van der Waals surface area contributed by atoms with E-state index < -0.39 is 16.2 Å². The molecule has 142 valence electrons. The lowest BCUT2D eigenvalue weighted by Gasteiger charge is -2.11. The number of ether oxygens (including phenoxy) is 1. The minimum Gasteiger partial charge on any atom is -0.462 e. The standard InChI is InChI=1S/C18H22O6S2/c1-3-23-18(20)17-11-8-15(25-17)7-6-14(19)12-24-26(21,22)16-9-4-13(2)5-10-16/h4-5,8-11,14,19H,3,6-7,12H2,1-2H3/t14-/m0/s1. The molecule has 1 N–H and O–H groups in total. The monoisotopic (exact) mass is 398 g/mol. The molecule has 0 saturated carbocycles. The molecule has 6 nitrogen and oxygen atoms in total. The van der Waals surface area contributed by atoms with Crippen molar-refractivity contribution in [1.82, 2.24) is 0 Å². The first kappa shape index (κ1) is 20.6. The first-order valence-corrected chi connectivity index (χ1v) is 10.4. The van der Waals surface area contributed by atoms with Crippen molar-refractivity contribution in [2.24, 2.45) is 0 Å². The molecular formula is C18H22O6S2. The van der Waals surface area contributed by atoms with E-state index >= 15 is 0 Å². The largest absolute Gasteiger partial charge is 0.462 e. The van der Waals surface area contributed by atoms with Gasteiger partial charge in [0.05, 0.1) is 24.2 Å². The number of aliphatic hydroxyl groups is 1. The van der Waals surface area contributed by atoms with Gasteiger partial charge in [-0.15, -0.1) is 11.3 Å². The Morgan fingerprint density at radius 3 is 2.54 bits per heavy atom. The second-order valence-corrected chi connectivity index (χ2v) is 8.51. The molecule has 1 atom stereocenters. The maximum Gasteiger partial charge on any atom is 0.348 e. The van der Waals surface area contributed by atoms with Crippen LogP contribution in [0.2, 0.25) is 0 Å². The third-order valence-corrected chi connectivity index (χ3v) is 6.01. The van der Waals surface area contributed by atoms with Crippen molar-refractivity contribution >= 4 is 27.4 Å². The van der Waals surface area contributed by atoms with Crippen LogP contribution in [0.3, 0.4) is 0 Å². The molecule has 0 saturated heterocycles. The van der Waals surface area contributed by atoms with Crippen LogP contribution in [-0.4, -0.2) is 38.8 Å². The summed E-state index contributed by atoms with van der Waals surface area (Å²) in [7, 11) is -3.89. The van der Waals surface area contributed by atoms with Gasteiger partial charge in [0.1, 0.15) is 4.88 Å². The maximum atomic E-state index is 12.1. The molecule has 0 radical (unpaired) electrons. The fraction of sp³-hybridized carbons (Fsp3) is 0.389. The second-order valence-electron chi connectivity index (χ2n) is 5.73. The van der Waals surface area contributed by atoms with Crippen LogP contribution in [-0.2, 0) is 25.5 Å². The van der Waals surface area contributed by atoms with Gasteiger partial charge in [0.2, 0.25) is 0 Å². The molecular weight excluding hydrogens is 376 g/mol. The van der Waals surface area contributed by atoms with Crippen LogP contribution < -0.4 is 0 Å². The van der Waals surface area contributed by atoms with E-state index in [1.54, 1.807) is 31.2 Å². The van der Waals surface area contributed by atoms with Gasteiger partial charge in [-0.25, -0.2) is 4.79 Å². The number of hydrogen-bond donors (Lipinski definition) is 1. The molecule has 26 heavy (non-hydrogen) atoms. The molecule has 1 heterocycles. The first-order valence-electron chi connectivity index (χ1n) is 8.22. The second kappa shape index (κ2) is 9.27. The van der Waals surface area contributed by atoms with Crippen molar-refractivity contribution in [3.05, 3.63) is 51.7 Å². The summed E-state index contributed by atoms with van der Waals surface area (Å²) in [5.41, 5.74) is 0.946. The van der Waals surface area contributed by atoms with E-state index in [-0.39, 0.29) is 17.5 Å². The first-order chi connectivity index (χ1) is 12.3. The molecule has 0 aliphatic rings. The van der Waals surface area contributed by atoms with Gasteiger partial charge in [0, 0.05) is 4.88 Å². The van der Waals surface area contributed by atoms with E-state index in [1.165, 1.54) is 23.5 Å².